The zero-order chi connectivity index (χ0) is 21.0. The van der Waals surface area contributed by atoms with E-state index in [1.807, 2.05) is 0 Å². The minimum Gasteiger partial charge on any atom is -0.497 e. The quantitative estimate of drug-likeness (QED) is 0.488. The molecule has 0 saturated carbocycles. The van der Waals surface area contributed by atoms with Gasteiger partial charge in [-0.15, -0.1) is 0 Å². The Morgan fingerprint density at radius 1 is 0.966 bits per heavy atom. The summed E-state index contributed by atoms with van der Waals surface area (Å²) in [5.74, 6) is 0.0143. The Bertz CT molecular complexity index is 1160. The van der Waals surface area contributed by atoms with Gasteiger partial charge in [0.15, 0.2) is 0 Å². The highest BCUT2D eigenvalue weighted by molar-refractivity contribution is 7.91. The molecule has 0 aliphatic heterocycles. The molecule has 0 aromatic heterocycles. The van der Waals surface area contributed by atoms with Crippen LogP contribution >= 0.6 is 0 Å². The Hall–Kier alpha value is -3.72. The molecule has 0 spiro atoms. The van der Waals surface area contributed by atoms with Crippen molar-refractivity contribution in [3.05, 3.63) is 88.5 Å². The number of non-ortho nitro benzene ring substituents is 1. The second-order valence-corrected chi connectivity index (χ2v) is 7.85. The Balaban J connectivity index is 1.94. The molecule has 8 nitrogen and oxygen atoms in total. The van der Waals surface area contributed by atoms with E-state index in [9.17, 15) is 23.3 Å². The lowest BCUT2D eigenvalue weighted by molar-refractivity contribution is -0.384. The van der Waals surface area contributed by atoms with Gasteiger partial charge in [0.25, 0.3) is 11.6 Å². The molecule has 0 aliphatic carbocycles. The van der Waals surface area contributed by atoms with Gasteiger partial charge in [0.2, 0.25) is 9.84 Å². The molecule has 9 heteroatoms. The van der Waals surface area contributed by atoms with Crippen LogP contribution in [0.4, 0.5) is 11.4 Å². The van der Waals surface area contributed by atoms with E-state index in [-0.39, 0.29) is 21.0 Å². The summed E-state index contributed by atoms with van der Waals surface area (Å²) in [5, 5.41) is 13.4. The topological polar surface area (TPSA) is 116 Å². The number of methoxy groups -OCH3 is 1. The maximum atomic E-state index is 13.0. The maximum absolute atomic E-state index is 13.0. The van der Waals surface area contributed by atoms with Gasteiger partial charge in [0.05, 0.1) is 27.4 Å². The number of benzene rings is 3. The minimum atomic E-state index is -4.06. The van der Waals surface area contributed by atoms with E-state index < -0.39 is 20.7 Å². The standard InChI is InChI=1S/C20H16N2O6S/c1-28-16-10-6-14(7-11-16)21-20(23)18-4-2-3-5-19(18)29(26,27)17-12-8-15(9-13-17)22(24)25/h2-13H,1H3,(H,21,23). The summed E-state index contributed by atoms with van der Waals surface area (Å²) in [6.45, 7) is 0. The number of hydrogen-bond acceptors (Lipinski definition) is 6. The number of nitro benzene ring substituents is 1. The fourth-order valence-corrected chi connectivity index (χ4v) is 4.09. The molecule has 0 bridgehead atoms. The molecule has 0 atom stereocenters. The molecule has 3 aromatic carbocycles. The molecular weight excluding hydrogens is 396 g/mol. The highest BCUT2D eigenvalue weighted by Gasteiger charge is 2.25. The molecule has 0 saturated heterocycles. The second kappa shape index (κ2) is 8.11. The third-order valence-corrected chi connectivity index (χ3v) is 5.95. The Kier molecular flexibility index (Phi) is 5.60. The smallest absolute Gasteiger partial charge is 0.269 e. The molecule has 0 heterocycles. The van der Waals surface area contributed by atoms with E-state index in [1.54, 1.807) is 30.3 Å². The lowest BCUT2D eigenvalue weighted by Crippen LogP contribution is -2.16. The SMILES string of the molecule is COc1ccc(NC(=O)c2ccccc2S(=O)(=O)c2ccc([N+](=O)[O-])cc2)cc1. The first-order valence-electron chi connectivity index (χ1n) is 8.37. The van der Waals surface area contributed by atoms with E-state index in [4.69, 9.17) is 4.74 Å². The number of carbonyl (C=O) groups is 1. The summed E-state index contributed by atoms with van der Waals surface area (Å²) < 4.78 is 31.1. The van der Waals surface area contributed by atoms with Crippen LogP contribution in [0.15, 0.2) is 82.6 Å². The van der Waals surface area contributed by atoms with Crippen LogP contribution < -0.4 is 10.1 Å². The van der Waals surface area contributed by atoms with Crippen LogP contribution in [-0.2, 0) is 9.84 Å². The van der Waals surface area contributed by atoms with Crippen molar-refractivity contribution >= 4 is 27.1 Å². The number of nitrogens with one attached hydrogen (secondary N) is 1. The van der Waals surface area contributed by atoms with Gasteiger partial charge in [-0.1, -0.05) is 12.1 Å². The third kappa shape index (κ3) is 4.25. The highest BCUT2D eigenvalue weighted by atomic mass is 32.2. The van der Waals surface area contributed by atoms with Crippen molar-refractivity contribution in [1.82, 2.24) is 0 Å². The van der Waals surface area contributed by atoms with Crippen molar-refractivity contribution in [1.29, 1.82) is 0 Å². The first-order valence-corrected chi connectivity index (χ1v) is 9.85. The van der Waals surface area contributed by atoms with E-state index in [0.29, 0.717) is 11.4 Å². The summed E-state index contributed by atoms with van der Waals surface area (Å²) in [5.41, 5.74) is 0.203. The Labute approximate surface area is 166 Å². The van der Waals surface area contributed by atoms with Crippen molar-refractivity contribution in [3.8, 4) is 5.75 Å². The number of anilines is 1. The van der Waals surface area contributed by atoms with Crippen molar-refractivity contribution in [2.24, 2.45) is 0 Å². The van der Waals surface area contributed by atoms with Crippen LogP contribution in [0.1, 0.15) is 10.4 Å². The number of rotatable bonds is 6. The molecule has 29 heavy (non-hydrogen) atoms. The average Bonchev–Trinajstić information content (AvgIpc) is 2.74. The molecule has 148 valence electrons. The number of ether oxygens (including phenoxy) is 1. The van der Waals surface area contributed by atoms with Crippen molar-refractivity contribution in [3.63, 3.8) is 0 Å². The van der Waals surface area contributed by atoms with Crippen LogP contribution in [0.2, 0.25) is 0 Å². The second-order valence-electron chi connectivity index (χ2n) is 5.93. The van der Waals surface area contributed by atoms with E-state index in [1.165, 1.54) is 25.3 Å². The fraction of sp³-hybridized carbons (Fsp3) is 0.0500. The zero-order valence-corrected chi connectivity index (χ0v) is 16.0. The van der Waals surface area contributed by atoms with Crippen LogP contribution in [-0.4, -0.2) is 26.4 Å². The normalized spacial score (nSPS) is 10.9. The minimum absolute atomic E-state index is 0.0401. The number of hydrogen-bond donors (Lipinski definition) is 1. The van der Waals surface area contributed by atoms with E-state index in [2.05, 4.69) is 5.32 Å². The summed E-state index contributed by atoms with van der Waals surface area (Å²) in [7, 11) is -2.54. The van der Waals surface area contributed by atoms with Gasteiger partial charge in [0, 0.05) is 17.8 Å². The molecule has 0 aliphatic rings. The molecule has 1 N–H and O–H groups in total. The van der Waals surface area contributed by atoms with Crippen LogP contribution in [0.25, 0.3) is 0 Å². The molecule has 0 fully saturated rings. The fourth-order valence-electron chi connectivity index (χ4n) is 2.64. The van der Waals surface area contributed by atoms with E-state index >= 15 is 0 Å². The number of carbonyl (C=O) groups excluding carboxylic acids is 1. The molecule has 0 radical (unpaired) electrons. The predicted octanol–water partition coefficient (Wildman–Crippen LogP) is 3.69. The van der Waals surface area contributed by atoms with Crippen molar-refractivity contribution in [2.45, 2.75) is 9.79 Å². The highest BCUT2D eigenvalue weighted by Crippen LogP contribution is 2.26. The molecule has 0 unspecified atom stereocenters. The summed E-state index contributed by atoms with van der Waals surface area (Å²) in [6.07, 6.45) is 0. The monoisotopic (exact) mass is 412 g/mol. The number of amides is 1. The average molecular weight is 412 g/mol. The third-order valence-electron chi connectivity index (χ3n) is 4.13. The molecule has 1 amide bonds. The van der Waals surface area contributed by atoms with Crippen molar-refractivity contribution < 1.29 is 22.9 Å². The van der Waals surface area contributed by atoms with Crippen LogP contribution in [0, 0.1) is 10.1 Å². The number of sulfone groups is 1. The van der Waals surface area contributed by atoms with Crippen LogP contribution in [0.3, 0.4) is 0 Å². The largest absolute Gasteiger partial charge is 0.497 e. The van der Waals surface area contributed by atoms with Crippen molar-refractivity contribution in [2.75, 3.05) is 12.4 Å². The molecular formula is C20H16N2O6S. The van der Waals surface area contributed by atoms with Gasteiger partial charge < -0.3 is 10.1 Å². The van der Waals surface area contributed by atoms with Gasteiger partial charge in [-0.05, 0) is 48.5 Å². The van der Waals surface area contributed by atoms with Crippen LogP contribution in [0.5, 0.6) is 5.75 Å². The van der Waals surface area contributed by atoms with E-state index in [0.717, 1.165) is 24.3 Å². The predicted molar refractivity (Wildman–Crippen MR) is 106 cm³/mol. The van der Waals surface area contributed by atoms with Gasteiger partial charge in [-0.25, -0.2) is 8.42 Å². The Morgan fingerprint density at radius 2 is 1.59 bits per heavy atom. The zero-order valence-electron chi connectivity index (χ0n) is 15.2. The lowest BCUT2D eigenvalue weighted by Gasteiger charge is -2.11. The number of nitro groups is 1. The summed E-state index contributed by atoms with van der Waals surface area (Å²) in [6, 6.07) is 16.9. The van der Waals surface area contributed by atoms with Gasteiger partial charge in [-0.3, -0.25) is 14.9 Å². The number of nitrogens with zero attached hydrogens (tertiary/aromatic N) is 1. The molecule has 3 rings (SSSR count). The Morgan fingerprint density at radius 3 is 2.17 bits per heavy atom. The van der Waals surface area contributed by atoms with Gasteiger partial charge in [0.1, 0.15) is 5.75 Å². The summed E-state index contributed by atoms with van der Waals surface area (Å²) >= 11 is 0. The lowest BCUT2D eigenvalue weighted by atomic mass is 10.2. The first-order chi connectivity index (χ1) is 13.8. The summed E-state index contributed by atoms with van der Waals surface area (Å²) in [4.78, 5) is 22.5. The molecule has 3 aromatic rings. The van der Waals surface area contributed by atoms with Gasteiger partial charge in [-0.2, -0.15) is 0 Å². The first kappa shape index (κ1) is 20.0. The maximum Gasteiger partial charge on any atom is 0.269 e. The van der Waals surface area contributed by atoms with Gasteiger partial charge >= 0.3 is 0 Å².